The van der Waals surface area contributed by atoms with E-state index >= 15 is 0 Å². The number of urea groups is 1. The molecule has 5 fully saturated rings. The highest BCUT2D eigenvalue weighted by Crippen LogP contribution is 2.66. The standard InChI is InChI=1S/C77H120N12O19/c1-18-44(8)60(53(102-15)38-56(91)89-37-23-27-52(89)62(103-16)45(9)66(93)80-46(10)61(92)48-24-20-19-21-25-48)87(13)72(98)58(42(4)5)86-70(97)59(43(6)7)88(14)75(101)105-40-47-28-30-49(31-29-47)81-67(94)50(26-22-36-79-74(78)100)83-69(96)57(41(2)3)85-68(95)51(82-54-39-77(54)34-35-77)32-33-55(90)84-71-64-63(107-76(11,12)108-64)65(106-71)73(99)104-17/h19-21,24-25,28-31,41-46,50-54,57-65,71,82,92H,18,22-23,26-27,32-40H2,1-17H3,(H,80,93)(H,81,94)(H,83,96)(H,84,90)(H,85,95)(H,86,97)(H3,78,79,100)/t44-,45+,46+,50-,51-,52-,53+,54?,57-,58-,59-,60-,61+,62+,63-,64+,65-,71?/m0/s1. The lowest BCUT2D eigenvalue weighted by Gasteiger charge is -2.41. The Morgan fingerprint density at radius 3 is 1.96 bits per heavy atom. The van der Waals surface area contributed by atoms with Crippen molar-refractivity contribution in [2.75, 3.05) is 53.8 Å². The van der Waals surface area contributed by atoms with Crippen molar-refractivity contribution < 1.29 is 91.0 Å². The Morgan fingerprint density at radius 2 is 1.38 bits per heavy atom. The van der Waals surface area contributed by atoms with Crippen LogP contribution < -0.4 is 48.3 Å². The molecule has 1 spiro atoms. The average Bonchev–Trinajstić information content (AvgIpc) is 1.55. The van der Waals surface area contributed by atoms with Crippen LogP contribution in [0.15, 0.2) is 54.6 Å². The highest BCUT2D eigenvalue weighted by molar-refractivity contribution is 5.99. The number of methoxy groups -OCH3 is 3. The molecule has 3 aliphatic heterocycles. The Morgan fingerprint density at radius 1 is 0.731 bits per heavy atom. The van der Waals surface area contributed by atoms with Crippen molar-refractivity contribution in [3.05, 3.63) is 65.7 Å². The number of anilines is 1. The molecular weight excluding hydrogens is 1400 g/mol. The topological polar surface area (TPSA) is 405 Å². The molecule has 3 heterocycles. The quantitative estimate of drug-likeness (QED) is 0.0326. The third kappa shape index (κ3) is 22.8. The van der Waals surface area contributed by atoms with Crippen LogP contribution in [0.25, 0.3) is 0 Å². The number of carbonyl (C=O) groups excluding carboxylic acids is 11. The van der Waals surface area contributed by atoms with Gasteiger partial charge in [0.05, 0.1) is 61.9 Å². The summed E-state index contributed by atoms with van der Waals surface area (Å²) in [5.74, 6) is -7.94. The van der Waals surface area contributed by atoms with Crippen molar-refractivity contribution in [3.63, 3.8) is 0 Å². The van der Waals surface area contributed by atoms with Crippen LogP contribution in [-0.4, -0.2) is 231 Å². The van der Waals surface area contributed by atoms with Gasteiger partial charge in [0.15, 0.2) is 18.1 Å². The summed E-state index contributed by atoms with van der Waals surface area (Å²) in [5.41, 5.74) is 6.91. The first-order valence-electron chi connectivity index (χ1n) is 38.0. The number of nitrogens with two attached hydrogens (primary N) is 1. The molecule has 11 N–H and O–H groups in total. The van der Waals surface area contributed by atoms with Crippen LogP contribution in [0, 0.1) is 35.0 Å². The summed E-state index contributed by atoms with van der Waals surface area (Å²) in [4.78, 5) is 157. The second-order valence-corrected chi connectivity index (χ2v) is 31.2. The first-order chi connectivity index (χ1) is 51.0. The van der Waals surface area contributed by atoms with Gasteiger partial charge in [-0.1, -0.05) is 111 Å². The zero-order chi connectivity index (χ0) is 79.8. The predicted molar refractivity (Wildman–Crippen MR) is 398 cm³/mol. The molecule has 18 atom stereocenters. The minimum Gasteiger partial charge on any atom is -0.467 e. The van der Waals surface area contributed by atoms with Gasteiger partial charge in [-0.2, -0.15) is 0 Å². The van der Waals surface area contributed by atoms with Crippen LogP contribution in [-0.2, 0) is 82.9 Å². The Labute approximate surface area is 635 Å². The number of rotatable bonds is 40. The molecule has 2 unspecified atom stereocenters. The summed E-state index contributed by atoms with van der Waals surface area (Å²) in [6.07, 6.45) is -2.33. The van der Waals surface area contributed by atoms with E-state index in [-0.39, 0.29) is 74.4 Å². The Hall–Kier alpha value is -8.07. The molecule has 3 saturated heterocycles. The lowest BCUT2D eigenvalue weighted by Crippen LogP contribution is -2.60. The number of nitrogens with one attached hydrogen (secondary N) is 8. The Balaban J connectivity index is 0.936. The second kappa shape index (κ2) is 39.0. The number of hydrogen-bond acceptors (Lipinski definition) is 20. The molecule has 2 saturated carbocycles. The zero-order valence-corrected chi connectivity index (χ0v) is 65.9. The molecular formula is C77H120N12O19. The van der Waals surface area contributed by atoms with Gasteiger partial charge < -0.3 is 96.3 Å². The van der Waals surface area contributed by atoms with E-state index in [1.807, 2.05) is 32.0 Å². The van der Waals surface area contributed by atoms with Crippen molar-refractivity contribution in [2.24, 2.45) is 40.7 Å². The molecule has 7 rings (SSSR count). The number of amides is 11. The number of nitrogens with zero attached hydrogens (tertiary/aromatic N) is 3. The van der Waals surface area contributed by atoms with Crippen LogP contribution in [0.2, 0.25) is 0 Å². The van der Waals surface area contributed by atoms with Gasteiger partial charge in [0.2, 0.25) is 47.3 Å². The summed E-state index contributed by atoms with van der Waals surface area (Å²) >= 11 is 0. The van der Waals surface area contributed by atoms with E-state index in [2.05, 4.69) is 42.5 Å². The lowest BCUT2D eigenvalue weighted by molar-refractivity contribution is -0.198. The van der Waals surface area contributed by atoms with Gasteiger partial charge in [-0.05, 0) is 124 Å². The SMILES string of the molecule is CC[C@H](C)[C@@H]([C@@H](CC(=O)N1CCC[C@H]1[C@H](OC)[C@@H](C)C(=O)N[C@H](C)[C@@H](O)c1ccccc1)OC)N(C)C(=O)[C@@H](NC(=O)[C@H](C(C)C)N(C)C(=O)OCc1ccc(NC(=O)[C@H](CCCNC(N)=O)NC(=O)[C@@H](NC(=O)[C@H](CCC(=O)NC2O[C@H](C(=O)OC)[C@H]3OC(C)(C)O[C@@H]23)NC2CC23CC3)C(C)C)cc1)C(C)C. The van der Waals surface area contributed by atoms with Crippen LogP contribution in [0.5, 0.6) is 0 Å². The van der Waals surface area contributed by atoms with Crippen LogP contribution >= 0.6 is 0 Å². The van der Waals surface area contributed by atoms with Gasteiger partial charge in [0.1, 0.15) is 43.0 Å². The predicted octanol–water partition coefficient (Wildman–Crippen LogP) is 4.42. The van der Waals surface area contributed by atoms with Gasteiger partial charge in [0.25, 0.3) is 0 Å². The fourth-order valence-electron chi connectivity index (χ4n) is 15.0. The number of likely N-dealkylation sites (N-methyl/N-ethyl adjacent to an activating group) is 2. The smallest absolute Gasteiger partial charge is 0.410 e. The van der Waals surface area contributed by atoms with Crippen LogP contribution in [0.1, 0.15) is 171 Å². The fraction of sp³-hybridized carbons (Fsp3) is 0.701. The maximum atomic E-state index is 14.9. The highest BCUT2D eigenvalue weighted by atomic mass is 16.8. The molecule has 602 valence electrons. The largest absolute Gasteiger partial charge is 0.467 e. The average molecular weight is 1520 g/mol. The molecule has 0 aromatic heterocycles. The van der Waals surface area contributed by atoms with E-state index in [0.29, 0.717) is 42.6 Å². The molecule has 5 aliphatic rings. The maximum absolute atomic E-state index is 14.9. The van der Waals surface area contributed by atoms with E-state index < -0.39 is 174 Å². The van der Waals surface area contributed by atoms with Crippen molar-refractivity contribution in [1.82, 2.24) is 51.9 Å². The summed E-state index contributed by atoms with van der Waals surface area (Å²) in [5, 5.41) is 34.1. The second-order valence-electron chi connectivity index (χ2n) is 31.2. The van der Waals surface area contributed by atoms with Crippen molar-refractivity contribution in [2.45, 2.75) is 263 Å². The minimum atomic E-state index is -1.19. The summed E-state index contributed by atoms with van der Waals surface area (Å²) < 4.78 is 40.5. The van der Waals surface area contributed by atoms with Crippen molar-refractivity contribution >= 4 is 71.0 Å². The first-order valence-corrected chi connectivity index (χ1v) is 38.0. The molecule has 108 heavy (non-hydrogen) atoms. The molecule has 0 radical (unpaired) electrons. The maximum Gasteiger partial charge on any atom is 0.410 e. The van der Waals surface area contributed by atoms with Crippen molar-refractivity contribution in [1.29, 1.82) is 0 Å². The molecule has 2 aromatic rings. The van der Waals surface area contributed by atoms with E-state index in [1.54, 1.807) is 122 Å². The third-order valence-corrected chi connectivity index (χ3v) is 21.8. The number of hydrogen-bond donors (Lipinski definition) is 10. The monoisotopic (exact) mass is 1520 g/mol. The van der Waals surface area contributed by atoms with E-state index in [9.17, 15) is 57.8 Å². The van der Waals surface area contributed by atoms with E-state index in [4.69, 9.17) is 38.9 Å². The molecule has 2 aromatic carbocycles. The van der Waals surface area contributed by atoms with Crippen LogP contribution in [0.4, 0.5) is 15.3 Å². The number of esters is 1. The number of aliphatic hydroxyl groups is 1. The number of likely N-dealkylation sites (tertiary alicyclic amines) is 1. The fourth-order valence-corrected chi connectivity index (χ4v) is 15.0. The number of benzene rings is 2. The molecule has 11 amide bonds. The highest BCUT2D eigenvalue weighted by Gasteiger charge is 2.63. The number of fused-ring (bicyclic) bond motifs is 1. The summed E-state index contributed by atoms with van der Waals surface area (Å²) in [6.45, 7) is 21.6. The third-order valence-electron chi connectivity index (χ3n) is 21.8. The molecule has 31 heteroatoms. The number of aliphatic hydroxyl groups excluding tert-OH is 1. The van der Waals surface area contributed by atoms with Gasteiger partial charge in [-0.15, -0.1) is 0 Å². The Bertz CT molecular complexity index is 3420. The van der Waals surface area contributed by atoms with Crippen LogP contribution in [0.3, 0.4) is 0 Å². The number of primary amides is 1. The number of ether oxygens (including phenoxy) is 7. The van der Waals surface area contributed by atoms with E-state index in [0.717, 1.165) is 19.3 Å². The van der Waals surface area contributed by atoms with Gasteiger partial charge in [-0.25, -0.2) is 14.4 Å². The first kappa shape index (κ1) is 87.2. The van der Waals surface area contributed by atoms with E-state index in [1.165, 1.54) is 33.3 Å². The molecule has 0 bridgehead atoms. The normalized spacial score (nSPS) is 22.8. The minimum absolute atomic E-state index is 0.0265. The number of carbonyl (C=O) groups is 11. The van der Waals surface area contributed by atoms with Gasteiger partial charge in [-0.3, -0.25) is 43.3 Å². The Kier molecular flexibility index (Phi) is 31.5. The van der Waals surface area contributed by atoms with Gasteiger partial charge in [0, 0.05) is 59.6 Å². The summed E-state index contributed by atoms with van der Waals surface area (Å²) in [6, 6.07) is 7.55. The molecule has 31 nitrogen and oxygen atoms in total. The van der Waals surface area contributed by atoms with Gasteiger partial charge >= 0.3 is 18.1 Å². The summed E-state index contributed by atoms with van der Waals surface area (Å²) in [7, 11) is 7.29. The zero-order valence-electron chi connectivity index (χ0n) is 65.9. The molecule has 2 aliphatic carbocycles. The lowest BCUT2D eigenvalue weighted by atomic mass is 9.89. The van der Waals surface area contributed by atoms with Crippen molar-refractivity contribution in [3.8, 4) is 0 Å².